The molecule has 0 aromatic heterocycles. The van der Waals surface area contributed by atoms with E-state index in [1.54, 1.807) is 0 Å². The van der Waals surface area contributed by atoms with Crippen LogP contribution in [0.1, 0.15) is 291 Å². The third kappa shape index (κ3) is 53.2. The Morgan fingerprint density at radius 2 is 0.519 bits per heavy atom. The van der Waals surface area contributed by atoms with Crippen LogP contribution in [0.25, 0.3) is 0 Å². The lowest BCUT2D eigenvalue weighted by Gasteiger charge is -2.21. The van der Waals surface area contributed by atoms with Gasteiger partial charge in [-0.05, 0) is 25.7 Å². The van der Waals surface area contributed by atoms with Gasteiger partial charge in [-0.25, -0.2) is 9.13 Å². The molecule has 0 saturated heterocycles. The van der Waals surface area contributed by atoms with Crippen LogP contribution in [0.15, 0.2) is 0 Å². The van der Waals surface area contributed by atoms with Gasteiger partial charge in [0.05, 0.1) is 26.4 Å². The van der Waals surface area contributed by atoms with E-state index in [2.05, 4.69) is 27.7 Å². The molecule has 0 heterocycles. The number of aliphatic hydroxyl groups is 1. The molecule has 0 aromatic carbocycles. The van der Waals surface area contributed by atoms with E-state index >= 15 is 0 Å². The largest absolute Gasteiger partial charge is 0.472 e. The second-order valence-corrected chi connectivity index (χ2v) is 23.9. The molecule has 0 radical (unpaired) electrons. The fourth-order valence-electron chi connectivity index (χ4n) is 8.57. The summed E-state index contributed by atoms with van der Waals surface area (Å²) in [7, 11) is -9.86. The number of aliphatic hydroxyl groups excluding tert-OH is 1. The molecule has 0 saturated carbocycles. The minimum atomic E-state index is -4.93. The molecule has 0 spiro atoms. The quantitative estimate of drug-likeness (QED) is 0.0222. The average Bonchev–Trinajstić information content (AvgIpc) is 3.40. The van der Waals surface area contributed by atoms with Crippen molar-refractivity contribution in [3.8, 4) is 0 Å². The monoisotopic (exact) mass is 1140 g/mol. The van der Waals surface area contributed by atoms with E-state index < -0.39 is 97.5 Å². The van der Waals surface area contributed by atoms with Gasteiger partial charge < -0.3 is 33.8 Å². The van der Waals surface area contributed by atoms with Gasteiger partial charge in [-0.2, -0.15) is 0 Å². The van der Waals surface area contributed by atoms with Gasteiger partial charge in [-0.15, -0.1) is 0 Å². The Kier molecular flexibility index (Phi) is 52.0. The number of carbonyl (C=O) groups excluding carboxylic acids is 4. The summed E-state index contributed by atoms with van der Waals surface area (Å²) in [6.45, 7) is 4.75. The molecule has 0 fully saturated rings. The number of hydrogen-bond donors (Lipinski definition) is 3. The first-order valence-corrected chi connectivity index (χ1v) is 33.8. The van der Waals surface area contributed by atoms with E-state index in [0.717, 1.165) is 116 Å². The van der Waals surface area contributed by atoms with E-state index in [1.165, 1.54) is 96.3 Å². The molecule has 77 heavy (non-hydrogen) atoms. The zero-order valence-corrected chi connectivity index (χ0v) is 50.7. The van der Waals surface area contributed by atoms with Crippen molar-refractivity contribution in [2.24, 2.45) is 0 Å². The first-order chi connectivity index (χ1) is 37.2. The molecule has 456 valence electrons. The number of phosphoric acid groups is 2. The topological polar surface area (TPSA) is 237 Å². The summed E-state index contributed by atoms with van der Waals surface area (Å²) >= 11 is 0. The average molecular weight is 1140 g/mol. The number of rotatable bonds is 59. The summed E-state index contributed by atoms with van der Waals surface area (Å²) in [5.41, 5.74) is 0. The zero-order chi connectivity index (χ0) is 56.9. The highest BCUT2D eigenvalue weighted by atomic mass is 31.2. The second-order valence-electron chi connectivity index (χ2n) is 21.0. The maximum atomic E-state index is 12.9. The maximum absolute atomic E-state index is 12.9. The Morgan fingerprint density at radius 3 is 0.766 bits per heavy atom. The van der Waals surface area contributed by atoms with Crippen LogP contribution in [0.4, 0.5) is 0 Å². The molecular formula is C58H112O17P2. The van der Waals surface area contributed by atoms with Gasteiger partial charge in [-0.3, -0.25) is 37.3 Å². The number of unbranched alkanes of at least 4 members (excludes halogenated alkanes) is 33. The Bertz CT molecular complexity index is 1500. The van der Waals surface area contributed by atoms with E-state index in [9.17, 15) is 43.2 Å². The molecule has 0 aliphatic carbocycles. The van der Waals surface area contributed by atoms with Gasteiger partial charge in [-0.1, -0.05) is 240 Å². The summed E-state index contributed by atoms with van der Waals surface area (Å²) in [6, 6.07) is 0. The molecule has 0 aliphatic heterocycles. The standard InChI is InChI=1S/C58H112O17P2/c1-5-9-13-17-21-23-24-25-26-27-29-33-37-41-45-58(63)75-54(49-69-56(61)43-39-35-32-28-22-18-14-10-6-2)51-73-77(66,67)71-47-52(59)46-70-76(64,65)72-50-53(74-57(62)44-40-36-31-20-16-12-8-4)48-68-55(60)42-38-34-30-19-15-11-7-3/h52-54,59H,5-51H2,1-4H3,(H,64,65)(H,66,67)/t52-,53+,54+/m0/s1. The number of hydrogen-bond acceptors (Lipinski definition) is 15. The molecule has 17 nitrogen and oxygen atoms in total. The number of phosphoric ester groups is 2. The van der Waals surface area contributed by atoms with Gasteiger partial charge in [0.1, 0.15) is 19.3 Å². The smallest absolute Gasteiger partial charge is 0.462 e. The Balaban J connectivity index is 5.17. The van der Waals surface area contributed by atoms with Crippen LogP contribution in [-0.2, 0) is 65.4 Å². The summed E-state index contributed by atoms with van der Waals surface area (Å²) in [6.07, 6.45) is 36.4. The SMILES string of the molecule is CCCCCCCCCCCCCCCCC(=O)O[C@H](COC(=O)CCCCCCCCCCC)COP(=O)(O)OC[C@@H](O)COP(=O)(O)OC[C@@H](COC(=O)CCCCCCCCC)OC(=O)CCCCCCCCC. The van der Waals surface area contributed by atoms with Crippen LogP contribution in [0, 0.1) is 0 Å². The van der Waals surface area contributed by atoms with Crippen LogP contribution < -0.4 is 0 Å². The first kappa shape index (κ1) is 75.1. The van der Waals surface area contributed by atoms with Gasteiger partial charge in [0.25, 0.3) is 0 Å². The fourth-order valence-corrected chi connectivity index (χ4v) is 10.2. The lowest BCUT2D eigenvalue weighted by Crippen LogP contribution is -2.30. The molecule has 0 amide bonds. The third-order valence-corrected chi connectivity index (χ3v) is 15.3. The van der Waals surface area contributed by atoms with E-state index in [1.807, 2.05) is 0 Å². The predicted octanol–water partition coefficient (Wildman–Crippen LogP) is 15.6. The summed E-state index contributed by atoms with van der Waals surface area (Å²) in [5.74, 6) is -2.15. The van der Waals surface area contributed by atoms with Crippen LogP contribution in [0.3, 0.4) is 0 Å². The molecule has 0 bridgehead atoms. The van der Waals surface area contributed by atoms with Crippen LogP contribution in [0.2, 0.25) is 0 Å². The highest BCUT2D eigenvalue weighted by Crippen LogP contribution is 2.45. The van der Waals surface area contributed by atoms with Crippen LogP contribution >= 0.6 is 15.6 Å². The summed E-state index contributed by atoms with van der Waals surface area (Å²) < 4.78 is 67.5. The van der Waals surface area contributed by atoms with Crippen molar-refractivity contribution in [3.63, 3.8) is 0 Å². The molecule has 0 rings (SSSR count). The van der Waals surface area contributed by atoms with Crippen molar-refractivity contribution in [2.45, 2.75) is 309 Å². The lowest BCUT2D eigenvalue weighted by atomic mass is 10.0. The molecule has 0 aromatic rings. The Morgan fingerprint density at radius 1 is 0.312 bits per heavy atom. The van der Waals surface area contributed by atoms with E-state index in [-0.39, 0.29) is 25.7 Å². The molecule has 2 unspecified atom stereocenters. The summed E-state index contributed by atoms with van der Waals surface area (Å²) in [5, 5.41) is 10.5. The van der Waals surface area contributed by atoms with Crippen LogP contribution in [-0.4, -0.2) is 96.7 Å². The molecular weight excluding hydrogens is 1030 g/mol. The fraction of sp³-hybridized carbons (Fsp3) is 0.931. The molecule has 3 N–H and O–H groups in total. The van der Waals surface area contributed by atoms with Crippen molar-refractivity contribution >= 4 is 39.5 Å². The molecule has 5 atom stereocenters. The minimum Gasteiger partial charge on any atom is -0.462 e. The van der Waals surface area contributed by atoms with Gasteiger partial charge >= 0.3 is 39.5 Å². The number of ether oxygens (including phenoxy) is 4. The predicted molar refractivity (Wildman–Crippen MR) is 303 cm³/mol. The van der Waals surface area contributed by atoms with Crippen LogP contribution in [0.5, 0.6) is 0 Å². The molecule has 19 heteroatoms. The Labute approximate surface area is 467 Å². The Hall–Kier alpha value is -1.94. The van der Waals surface area contributed by atoms with Crippen molar-refractivity contribution in [1.29, 1.82) is 0 Å². The number of carbonyl (C=O) groups is 4. The third-order valence-electron chi connectivity index (χ3n) is 13.4. The maximum Gasteiger partial charge on any atom is 0.472 e. The van der Waals surface area contributed by atoms with Crippen molar-refractivity contribution in [3.05, 3.63) is 0 Å². The highest BCUT2D eigenvalue weighted by molar-refractivity contribution is 7.47. The van der Waals surface area contributed by atoms with E-state index in [4.69, 9.17) is 37.0 Å². The van der Waals surface area contributed by atoms with Gasteiger partial charge in [0.2, 0.25) is 0 Å². The second kappa shape index (κ2) is 53.4. The van der Waals surface area contributed by atoms with Crippen molar-refractivity contribution in [1.82, 2.24) is 0 Å². The minimum absolute atomic E-state index is 0.104. The van der Waals surface area contributed by atoms with Gasteiger partial charge in [0.15, 0.2) is 12.2 Å². The normalized spacial score (nSPS) is 14.3. The zero-order valence-electron chi connectivity index (χ0n) is 48.9. The summed E-state index contributed by atoms with van der Waals surface area (Å²) in [4.78, 5) is 71.6. The van der Waals surface area contributed by atoms with Gasteiger partial charge in [0, 0.05) is 25.7 Å². The first-order valence-electron chi connectivity index (χ1n) is 30.8. The van der Waals surface area contributed by atoms with Crippen molar-refractivity contribution in [2.75, 3.05) is 39.6 Å². The highest BCUT2D eigenvalue weighted by Gasteiger charge is 2.30. The number of esters is 4. The van der Waals surface area contributed by atoms with Crippen molar-refractivity contribution < 1.29 is 80.2 Å². The molecule has 0 aliphatic rings. The lowest BCUT2D eigenvalue weighted by molar-refractivity contribution is -0.161. The van der Waals surface area contributed by atoms with E-state index in [0.29, 0.717) is 25.7 Å².